The predicted molar refractivity (Wildman–Crippen MR) is 51.1 cm³/mol. The van der Waals surface area contributed by atoms with Gasteiger partial charge in [0.25, 0.3) is 0 Å². The molecule has 0 bridgehead atoms. The molecule has 0 aromatic rings. The van der Waals surface area contributed by atoms with Crippen molar-refractivity contribution in [3.8, 4) is 0 Å². The van der Waals surface area contributed by atoms with E-state index in [-0.39, 0.29) is 0 Å². The summed E-state index contributed by atoms with van der Waals surface area (Å²) < 4.78 is 9.98. The third kappa shape index (κ3) is 25.5. The first-order valence-electron chi connectivity index (χ1n) is 4.18. The Hall–Kier alpha value is 0.0969. The Balaban J connectivity index is 0. The monoisotopic (exact) mass is 179 g/mol. The van der Waals surface area contributed by atoms with Crippen LogP contribution in [0.5, 0.6) is 0 Å². The largest absolute Gasteiger partial charge is 0.399 e. The van der Waals surface area contributed by atoms with Crippen LogP contribution in [0.25, 0.3) is 0 Å². The van der Waals surface area contributed by atoms with Crippen molar-refractivity contribution >= 4 is 10.0 Å². The van der Waals surface area contributed by atoms with Crippen molar-refractivity contribution < 1.29 is 8.85 Å². The van der Waals surface area contributed by atoms with Gasteiger partial charge in [0.2, 0.25) is 0 Å². The first-order chi connectivity index (χ1) is 5.33. The van der Waals surface area contributed by atoms with Crippen LogP contribution in [-0.4, -0.2) is 29.8 Å². The lowest BCUT2D eigenvalue weighted by atomic mass is 10.5. The number of nitrogens with two attached hydrogens (primary N) is 1. The molecule has 0 rings (SSSR count). The molecular weight excluding hydrogens is 158 g/mol. The van der Waals surface area contributed by atoms with E-state index in [1.54, 1.807) is 0 Å². The third-order valence-electron chi connectivity index (χ3n) is 0.864. The molecule has 0 aromatic carbocycles. The topological polar surface area (TPSA) is 44.5 Å². The van der Waals surface area contributed by atoms with E-state index in [2.05, 4.69) is 6.92 Å². The van der Waals surface area contributed by atoms with Gasteiger partial charge < -0.3 is 14.6 Å². The summed E-state index contributed by atoms with van der Waals surface area (Å²) in [5, 5.41) is 0. The fourth-order valence-corrected chi connectivity index (χ4v) is 0.677. The van der Waals surface area contributed by atoms with E-state index in [1.165, 1.54) is 0 Å². The van der Waals surface area contributed by atoms with Gasteiger partial charge in [0, 0.05) is 13.2 Å². The highest BCUT2D eigenvalue weighted by atomic mass is 28.3. The highest BCUT2D eigenvalue weighted by molar-refractivity contribution is 6.17. The van der Waals surface area contributed by atoms with Crippen molar-refractivity contribution in [1.82, 2.24) is 0 Å². The summed E-state index contributed by atoms with van der Waals surface area (Å²) in [6.07, 6.45) is 1.10. The predicted octanol–water partition coefficient (Wildman–Crippen LogP) is 0.413. The van der Waals surface area contributed by atoms with E-state index in [9.17, 15) is 0 Å². The molecule has 0 heterocycles. The van der Waals surface area contributed by atoms with E-state index < -0.39 is 10.0 Å². The lowest BCUT2D eigenvalue weighted by Crippen LogP contribution is -2.02. The van der Waals surface area contributed by atoms with Crippen molar-refractivity contribution in [2.24, 2.45) is 5.73 Å². The maximum Gasteiger partial charge on any atom is 0.304 e. The van der Waals surface area contributed by atoms with Crippen LogP contribution in [-0.2, 0) is 8.85 Å². The van der Waals surface area contributed by atoms with Gasteiger partial charge in [0.1, 0.15) is 0 Å². The van der Waals surface area contributed by atoms with Gasteiger partial charge in [-0.3, -0.25) is 0 Å². The summed E-state index contributed by atoms with van der Waals surface area (Å²) in [5.41, 5.74) is 5.03. The molecule has 0 saturated heterocycles. The van der Waals surface area contributed by atoms with E-state index in [1.807, 2.05) is 13.8 Å². The van der Waals surface area contributed by atoms with Crippen molar-refractivity contribution in [3.63, 3.8) is 0 Å². The Bertz CT molecular complexity index is 49.7. The fourth-order valence-electron chi connectivity index (χ4n) is 0.226. The Morgan fingerprint density at radius 2 is 1.45 bits per heavy atom. The van der Waals surface area contributed by atoms with Gasteiger partial charge in [-0.15, -0.1) is 0 Å². The first-order valence-corrected chi connectivity index (χ1v) is 5.34. The molecule has 2 N–H and O–H groups in total. The van der Waals surface area contributed by atoms with E-state index in [0.717, 1.165) is 26.2 Å². The second-order valence-corrected chi connectivity index (χ2v) is 2.94. The van der Waals surface area contributed by atoms with Gasteiger partial charge >= 0.3 is 10.0 Å². The average molecular weight is 179 g/mol. The van der Waals surface area contributed by atoms with Crippen LogP contribution in [0.3, 0.4) is 0 Å². The van der Waals surface area contributed by atoms with Crippen LogP contribution < -0.4 is 5.73 Å². The Morgan fingerprint density at radius 3 is 1.64 bits per heavy atom. The Morgan fingerprint density at radius 1 is 1.09 bits per heavy atom. The fraction of sp³-hybridized carbons (Fsp3) is 1.00. The van der Waals surface area contributed by atoms with Crippen LogP contribution in [0.1, 0.15) is 27.2 Å². The molecular formula is C7H21NO2Si. The van der Waals surface area contributed by atoms with Crippen molar-refractivity contribution in [1.29, 1.82) is 0 Å². The summed E-state index contributed by atoms with van der Waals surface area (Å²) >= 11 is 0. The molecule has 0 aliphatic heterocycles. The molecule has 0 aromatic heterocycles. The summed E-state index contributed by atoms with van der Waals surface area (Å²) in [4.78, 5) is 0. The molecule has 0 spiro atoms. The summed E-state index contributed by atoms with van der Waals surface area (Å²) in [6, 6.07) is 0. The minimum absolute atomic E-state index is 0.589. The maximum absolute atomic E-state index is 5.03. The SMILES string of the molecule is CCCN.CCO[SiH2]OCC. The standard InChI is InChI=1S/C4H12O2Si.C3H9N/c1-3-5-7-6-4-2;1-2-3-4/h3-4,7H2,1-2H3;2-4H2,1H3. The third-order valence-corrected chi connectivity index (χ3v) is 2.01. The quantitative estimate of drug-likeness (QED) is 0.491. The normalized spacial score (nSPS) is 8.73. The Labute approximate surface area is 72.3 Å². The van der Waals surface area contributed by atoms with Gasteiger partial charge in [0.15, 0.2) is 0 Å². The lowest BCUT2D eigenvalue weighted by Gasteiger charge is -1.96. The van der Waals surface area contributed by atoms with Crippen molar-refractivity contribution in [2.75, 3.05) is 19.8 Å². The highest BCUT2D eigenvalue weighted by Crippen LogP contribution is 1.70. The number of hydrogen-bond donors (Lipinski definition) is 1. The average Bonchev–Trinajstić information content (AvgIpc) is 2.06. The lowest BCUT2D eigenvalue weighted by molar-refractivity contribution is 0.240. The van der Waals surface area contributed by atoms with Gasteiger partial charge in [-0.25, -0.2) is 0 Å². The Kier molecular flexibility index (Phi) is 20.6. The number of hydrogen-bond acceptors (Lipinski definition) is 3. The van der Waals surface area contributed by atoms with Crippen LogP contribution in [0.15, 0.2) is 0 Å². The number of rotatable bonds is 5. The molecule has 3 nitrogen and oxygen atoms in total. The zero-order valence-electron chi connectivity index (χ0n) is 7.93. The van der Waals surface area contributed by atoms with Crippen LogP contribution >= 0.6 is 0 Å². The van der Waals surface area contributed by atoms with Crippen LogP contribution in [0.4, 0.5) is 0 Å². The minimum atomic E-state index is -0.589. The highest BCUT2D eigenvalue weighted by Gasteiger charge is 1.79. The zero-order chi connectivity index (χ0) is 8.95. The second-order valence-electron chi connectivity index (χ2n) is 1.89. The summed E-state index contributed by atoms with van der Waals surface area (Å²) in [6.45, 7) is 8.43. The minimum Gasteiger partial charge on any atom is -0.399 e. The first kappa shape index (κ1) is 13.7. The van der Waals surface area contributed by atoms with Gasteiger partial charge in [-0.2, -0.15) is 0 Å². The van der Waals surface area contributed by atoms with E-state index in [4.69, 9.17) is 14.6 Å². The molecule has 11 heavy (non-hydrogen) atoms. The van der Waals surface area contributed by atoms with Crippen LogP contribution in [0.2, 0.25) is 0 Å². The molecule has 0 amide bonds. The van der Waals surface area contributed by atoms with Crippen molar-refractivity contribution in [2.45, 2.75) is 27.2 Å². The van der Waals surface area contributed by atoms with E-state index >= 15 is 0 Å². The summed E-state index contributed by atoms with van der Waals surface area (Å²) in [5.74, 6) is 0. The zero-order valence-corrected chi connectivity index (χ0v) is 9.34. The molecule has 0 aliphatic carbocycles. The second kappa shape index (κ2) is 16.6. The molecule has 70 valence electrons. The van der Waals surface area contributed by atoms with Crippen LogP contribution in [0, 0.1) is 0 Å². The molecule has 0 unspecified atom stereocenters. The summed E-state index contributed by atoms with van der Waals surface area (Å²) in [7, 11) is -0.589. The molecule has 0 aliphatic rings. The van der Waals surface area contributed by atoms with Crippen molar-refractivity contribution in [3.05, 3.63) is 0 Å². The molecule has 0 atom stereocenters. The maximum atomic E-state index is 5.03. The van der Waals surface area contributed by atoms with Gasteiger partial charge in [0.05, 0.1) is 0 Å². The molecule has 4 heteroatoms. The van der Waals surface area contributed by atoms with Gasteiger partial charge in [-0.1, -0.05) is 6.92 Å². The molecule has 0 radical (unpaired) electrons. The van der Waals surface area contributed by atoms with E-state index in [0.29, 0.717) is 0 Å². The smallest absolute Gasteiger partial charge is 0.304 e. The van der Waals surface area contributed by atoms with Gasteiger partial charge in [-0.05, 0) is 26.8 Å². The molecule has 0 fully saturated rings. The molecule has 0 saturated carbocycles.